The molecule has 1 aliphatic heterocycles. The van der Waals surface area contributed by atoms with Gasteiger partial charge in [-0.05, 0) is 53.8 Å². The molecule has 0 saturated heterocycles. The van der Waals surface area contributed by atoms with Gasteiger partial charge < -0.3 is 5.32 Å². The number of hydrogen-bond acceptors (Lipinski definition) is 2. The number of rotatable bonds is 1. The zero-order valence-corrected chi connectivity index (χ0v) is 9.73. The van der Waals surface area contributed by atoms with Gasteiger partial charge in [-0.3, -0.25) is 0 Å². The van der Waals surface area contributed by atoms with Crippen LogP contribution < -0.4 is 5.32 Å². The first-order valence-electron chi connectivity index (χ1n) is 5.52. The second-order valence-corrected chi connectivity index (χ2v) is 4.99. The van der Waals surface area contributed by atoms with Crippen LogP contribution in [0, 0.1) is 0 Å². The van der Waals surface area contributed by atoms with E-state index in [1.54, 1.807) is 11.1 Å². The first-order valence-corrected chi connectivity index (χ1v) is 6.46. The van der Waals surface area contributed by atoms with E-state index in [2.05, 4.69) is 35.3 Å². The molecule has 0 amide bonds. The fourth-order valence-electron chi connectivity index (χ4n) is 2.66. The molecule has 0 saturated carbocycles. The maximum absolute atomic E-state index is 3.42. The quantitative estimate of drug-likeness (QED) is 0.724. The second-order valence-electron chi connectivity index (χ2n) is 4.25. The van der Waals surface area contributed by atoms with Crippen molar-refractivity contribution in [1.29, 1.82) is 0 Å². The summed E-state index contributed by atoms with van der Waals surface area (Å²) >= 11 is 1.82. The molecule has 78 valence electrons. The molecule has 2 heteroatoms. The summed E-state index contributed by atoms with van der Waals surface area (Å²) in [5, 5.41) is 8.01. The highest BCUT2D eigenvalue weighted by Crippen LogP contribution is 2.44. The van der Waals surface area contributed by atoms with Crippen molar-refractivity contribution in [2.75, 3.05) is 7.05 Å². The minimum atomic E-state index is 0.553. The Labute approximate surface area is 95.0 Å². The molecule has 15 heavy (non-hydrogen) atoms. The summed E-state index contributed by atoms with van der Waals surface area (Å²) in [5.41, 5.74) is 6.14. The van der Waals surface area contributed by atoms with Crippen LogP contribution in [0.2, 0.25) is 0 Å². The maximum atomic E-state index is 3.42. The molecule has 1 atom stereocenters. The highest BCUT2D eigenvalue weighted by molar-refractivity contribution is 8.05. The zero-order chi connectivity index (χ0) is 10.3. The van der Waals surface area contributed by atoms with Crippen LogP contribution in [0.5, 0.6) is 0 Å². The summed E-state index contributed by atoms with van der Waals surface area (Å²) in [6, 6.07) is 0.553. The van der Waals surface area contributed by atoms with Crippen LogP contribution >= 0.6 is 11.8 Å². The highest BCUT2D eigenvalue weighted by Gasteiger charge is 2.31. The van der Waals surface area contributed by atoms with Gasteiger partial charge in [-0.2, -0.15) is 0 Å². The number of hydrogen-bond donors (Lipinski definition) is 1. The van der Waals surface area contributed by atoms with Gasteiger partial charge in [0.25, 0.3) is 0 Å². The summed E-state index contributed by atoms with van der Waals surface area (Å²) in [7, 11) is 2.07. The molecule has 1 unspecified atom stereocenters. The number of likely N-dealkylation sites (N-methyl/N-ethyl adjacent to an activating group) is 1. The third-order valence-corrected chi connectivity index (χ3v) is 4.19. The largest absolute Gasteiger partial charge is 0.313 e. The second kappa shape index (κ2) is 3.69. The van der Waals surface area contributed by atoms with E-state index in [0.29, 0.717) is 6.04 Å². The molecule has 1 heterocycles. The first kappa shape index (κ1) is 9.49. The van der Waals surface area contributed by atoms with Crippen molar-refractivity contribution in [3.05, 3.63) is 45.3 Å². The third-order valence-electron chi connectivity index (χ3n) is 3.41. The Balaban J connectivity index is 2.08. The van der Waals surface area contributed by atoms with Crippen molar-refractivity contribution < 1.29 is 0 Å². The van der Waals surface area contributed by atoms with E-state index in [1.165, 1.54) is 30.4 Å². The van der Waals surface area contributed by atoms with Crippen molar-refractivity contribution >= 4 is 11.8 Å². The molecule has 0 fully saturated rings. The van der Waals surface area contributed by atoms with Gasteiger partial charge in [0, 0.05) is 6.04 Å². The molecule has 0 aromatic carbocycles. The monoisotopic (exact) mass is 217 g/mol. The lowest BCUT2D eigenvalue weighted by atomic mass is 9.99. The van der Waals surface area contributed by atoms with Crippen LogP contribution in [0.4, 0.5) is 0 Å². The summed E-state index contributed by atoms with van der Waals surface area (Å²) < 4.78 is 0. The summed E-state index contributed by atoms with van der Waals surface area (Å²) in [4.78, 5) is 0. The van der Waals surface area contributed by atoms with Gasteiger partial charge in [-0.1, -0.05) is 17.7 Å². The normalized spacial score (nSPS) is 28.5. The van der Waals surface area contributed by atoms with Crippen LogP contribution in [0.15, 0.2) is 45.3 Å². The molecule has 0 bridgehead atoms. The van der Waals surface area contributed by atoms with Crippen LogP contribution in [0.1, 0.15) is 19.3 Å². The Kier molecular flexibility index (Phi) is 2.33. The van der Waals surface area contributed by atoms with Crippen molar-refractivity contribution in [2.24, 2.45) is 0 Å². The number of allylic oxidation sites excluding steroid dienone is 3. The van der Waals surface area contributed by atoms with E-state index in [4.69, 9.17) is 0 Å². The lowest BCUT2D eigenvalue weighted by Gasteiger charge is -2.17. The summed E-state index contributed by atoms with van der Waals surface area (Å²) in [6.07, 6.45) is 8.24. The standard InChI is InChI=1S/C13H15NS/c1-14-12-6-9-4-2-3-5-10-7-15-8-11(12)13(9)10/h3,5,7-8,12,14H,2,4,6H2,1H3. The smallest absolute Gasteiger partial charge is 0.0366 e. The molecule has 0 spiro atoms. The van der Waals surface area contributed by atoms with E-state index in [-0.39, 0.29) is 0 Å². The minimum absolute atomic E-state index is 0.553. The van der Waals surface area contributed by atoms with Crippen LogP contribution in [-0.4, -0.2) is 13.1 Å². The number of thioether (sulfide) groups is 1. The van der Waals surface area contributed by atoms with Crippen LogP contribution in [-0.2, 0) is 0 Å². The van der Waals surface area contributed by atoms with Gasteiger partial charge in [0.05, 0.1) is 0 Å². The fourth-order valence-corrected chi connectivity index (χ4v) is 3.50. The van der Waals surface area contributed by atoms with Gasteiger partial charge in [-0.15, -0.1) is 11.8 Å². The minimum Gasteiger partial charge on any atom is -0.313 e. The van der Waals surface area contributed by atoms with Crippen molar-refractivity contribution in [3.63, 3.8) is 0 Å². The molecule has 3 rings (SSSR count). The zero-order valence-electron chi connectivity index (χ0n) is 8.92. The number of nitrogens with one attached hydrogen (secondary N) is 1. The topological polar surface area (TPSA) is 12.0 Å². The molecule has 0 aromatic heterocycles. The fraction of sp³-hybridized carbons (Fsp3) is 0.385. The molecule has 0 aromatic rings. The molecule has 3 aliphatic rings. The Morgan fingerprint density at radius 1 is 1.40 bits per heavy atom. The SMILES string of the molecule is CNC1CC2=C3C(=CSC=C31)C=CCC2. The molecular formula is C13H15NS. The maximum Gasteiger partial charge on any atom is 0.0366 e. The van der Waals surface area contributed by atoms with Gasteiger partial charge in [0.1, 0.15) is 0 Å². The van der Waals surface area contributed by atoms with Gasteiger partial charge in [0.15, 0.2) is 0 Å². The molecular weight excluding hydrogens is 202 g/mol. The van der Waals surface area contributed by atoms with Crippen molar-refractivity contribution in [2.45, 2.75) is 25.3 Å². The van der Waals surface area contributed by atoms with Crippen molar-refractivity contribution in [3.8, 4) is 0 Å². The van der Waals surface area contributed by atoms with E-state index in [9.17, 15) is 0 Å². The van der Waals surface area contributed by atoms with Gasteiger partial charge in [0.2, 0.25) is 0 Å². The Bertz CT molecular complexity index is 412. The predicted molar refractivity (Wildman–Crippen MR) is 66.6 cm³/mol. The molecule has 2 aliphatic carbocycles. The van der Waals surface area contributed by atoms with E-state index in [1.807, 2.05) is 11.8 Å². The van der Waals surface area contributed by atoms with Crippen LogP contribution in [0.3, 0.4) is 0 Å². The average Bonchev–Trinajstić information content (AvgIpc) is 2.50. The lowest BCUT2D eigenvalue weighted by Crippen LogP contribution is -2.24. The molecule has 1 N–H and O–H groups in total. The van der Waals surface area contributed by atoms with Crippen molar-refractivity contribution in [1.82, 2.24) is 5.32 Å². The summed E-state index contributed by atoms with van der Waals surface area (Å²) in [6.45, 7) is 0. The Hall–Kier alpha value is -0.730. The van der Waals surface area contributed by atoms with Crippen LogP contribution in [0.25, 0.3) is 0 Å². The lowest BCUT2D eigenvalue weighted by molar-refractivity contribution is 0.653. The Morgan fingerprint density at radius 3 is 3.20 bits per heavy atom. The Morgan fingerprint density at radius 2 is 2.33 bits per heavy atom. The van der Waals surface area contributed by atoms with E-state index < -0.39 is 0 Å². The average molecular weight is 217 g/mol. The first-order chi connectivity index (χ1) is 7.40. The van der Waals surface area contributed by atoms with E-state index in [0.717, 1.165) is 0 Å². The van der Waals surface area contributed by atoms with E-state index >= 15 is 0 Å². The predicted octanol–water partition coefficient (Wildman–Crippen LogP) is 3.14. The molecule has 1 nitrogen and oxygen atoms in total. The third kappa shape index (κ3) is 1.44. The highest BCUT2D eigenvalue weighted by atomic mass is 32.2. The van der Waals surface area contributed by atoms with Gasteiger partial charge in [-0.25, -0.2) is 0 Å². The molecule has 0 radical (unpaired) electrons. The van der Waals surface area contributed by atoms with Gasteiger partial charge >= 0.3 is 0 Å². The summed E-state index contributed by atoms with van der Waals surface area (Å²) in [5.74, 6) is 0.